The van der Waals surface area contributed by atoms with Crippen LogP contribution in [0.1, 0.15) is 38.3 Å². The van der Waals surface area contributed by atoms with Gasteiger partial charge in [-0.05, 0) is 50.3 Å². The average molecular weight is 537 g/mol. The molecular formula is C25H33BrN2O6. The quantitative estimate of drug-likeness (QED) is 0.409. The number of benzene rings is 1. The van der Waals surface area contributed by atoms with E-state index in [0.29, 0.717) is 12.1 Å². The summed E-state index contributed by atoms with van der Waals surface area (Å²) >= 11 is 3.63. The lowest BCUT2D eigenvalue weighted by molar-refractivity contribution is -0.155. The van der Waals surface area contributed by atoms with E-state index in [-0.39, 0.29) is 35.8 Å². The zero-order valence-electron chi connectivity index (χ0n) is 20.2. The fourth-order valence-corrected chi connectivity index (χ4v) is 6.87. The highest BCUT2D eigenvalue weighted by Gasteiger charge is 2.77. The molecule has 2 amide bonds. The number of likely N-dealkylation sites (tertiary alicyclic amines) is 1. The predicted molar refractivity (Wildman–Crippen MR) is 129 cm³/mol. The molecule has 1 spiro atoms. The number of aryl methyl sites for hydroxylation is 2. The standard InChI is InChI=1S/C25H33BrN2O6/c1-6-33-24(32)18-19-23(31)28(17(11-29)12(2)3)21(25(19)10-15(26)20(18)34-25)22(30)27-16-9-13(4)7-8-14(16)5/h7-9,12,15,17-21,29H,6,10-11H2,1-5H3,(H,27,30)/t15?,17-,18+,19-,20+,21?,25?/m0/s1. The van der Waals surface area contributed by atoms with Crippen LogP contribution < -0.4 is 5.32 Å². The third-order valence-corrected chi connectivity index (χ3v) is 8.34. The van der Waals surface area contributed by atoms with Crippen LogP contribution >= 0.6 is 15.9 Å². The molecule has 34 heavy (non-hydrogen) atoms. The number of fused-ring (bicyclic) bond motifs is 1. The number of anilines is 1. The molecule has 3 fully saturated rings. The number of alkyl halides is 1. The number of halogens is 1. The Morgan fingerprint density at radius 2 is 2.06 bits per heavy atom. The van der Waals surface area contributed by atoms with Gasteiger partial charge in [-0.15, -0.1) is 0 Å². The summed E-state index contributed by atoms with van der Waals surface area (Å²) in [6.07, 6.45) is -0.153. The minimum absolute atomic E-state index is 0.113. The van der Waals surface area contributed by atoms with Crippen LogP contribution in [-0.4, -0.2) is 69.6 Å². The summed E-state index contributed by atoms with van der Waals surface area (Å²) in [4.78, 5) is 42.1. The van der Waals surface area contributed by atoms with E-state index in [1.54, 1.807) is 6.92 Å². The maximum atomic E-state index is 13.9. The fourth-order valence-electron chi connectivity index (χ4n) is 5.92. The minimum atomic E-state index is -1.18. The van der Waals surface area contributed by atoms with Crippen molar-refractivity contribution in [1.82, 2.24) is 4.90 Å². The Balaban J connectivity index is 1.80. The summed E-state index contributed by atoms with van der Waals surface area (Å²) in [5.74, 6) is -2.97. The third kappa shape index (κ3) is 3.76. The number of nitrogens with one attached hydrogen (secondary N) is 1. The van der Waals surface area contributed by atoms with Crippen LogP contribution in [0.3, 0.4) is 0 Å². The van der Waals surface area contributed by atoms with Crippen molar-refractivity contribution in [2.45, 2.75) is 69.7 Å². The van der Waals surface area contributed by atoms with Crippen molar-refractivity contribution in [2.75, 3.05) is 18.5 Å². The molecule has 3 saturated heterocycles. The third-order valence-electron chi connectivity index (χ3n) is 7.50. The minimum Gasteiger partial charge on any atom is -0.466 e. The van der Waals surface area contributed by atoms with Crippen molar-refractivity contribution in [2.24, 2.45) is 17.8 Å². The van der Waals surface area contributed by atoms with Gasteiger partial charge in [0, 0.05) is 10.5 Å². The zero-order valence-corrected chi connectivity index (χ0v) is 21.8. The van der Waals surface area contributed by atoms with Crippen molar-refractivity contribution in [3.63, 3.8) is 0 Å². The number of hydrogen-bond acceptors (Lipinski definition) is 6. The Morgan fingerprint density at radius 1 is 1.35 bits per heavy atom. The molecule has 186 valence electrons. The number of ether oxygens (including phenoxy) is 2. The van der Waals surface area contributed by atoms with E-state index in [1.807, 2.05) is 45.9 Å². The SMILES string of the molecule is CCOC(=O)[C@H]1[C@@H]2OC3(CC2Br)C(C(=O)Nc2cc(C)ccc2C)N([C@@H](CO)C(C)C)C(=O)[C@H]13. The molecule has 0 saturated carbocycles. The lowest BCUT2D eigenvalue weighted by atomic mass is 9.70. The van der Waals surface area contributed by atoms with Crippen molar-refractivity contribution < 1.29 is 29.0 Å². The Morgan fingerprint density at radius 3 is 2.68 bits per heavy atom. The number of rotatable bonds is 7. The molecule has 0 aliphatic carbocycles. The number of nitrogens with zero attached hydrogens (tertiary/aromatic N) is 1. The van der Waals surface area contributed by atoms with Gasteiger partial charge >= 0.3 is 5.97 Å². The van der Waals surface area contributed by atoms with Crippen LogP contribution in [0.25, 0.3) is 0 Å². The Kier molecular flexibility index (Phi) is 6.83. The number of aliphatic hydroxyl groups is 1. The van der Waals surface area contributed by atoms with Crippen molar-refractivity contribution >= 4 is 39.4 Å². The lowest BCUT2D eigenvalue weighted by Gasteiger charge is -2.38. The molecule has 9 heteroatoms. The van der Waals surface area contributed by atoms with Gasteiger partial charge in [0.1, 0.15) is 11.6 Å². The second kappa shape index (κ2) is 9.24. The van der Waals surface area contributed by atoms with Crippen LogP contribution in [0.2, 0.25) is 0 Å². The van der Waals surface area contributed by atoms with Gasteiger partial charge in [-0.25, -0.2) is 0 Å². The van der Waals surface area contributed by atoms with Gasteiger partial charge in [0.05, 0.1) is 37.2 Å². The van der Waals surface area contributed by atoms with Gasteiger partial charge in [0.15, 0.2) is 0 Å². The van der Waals surface area contributed by atoms with Gasteiger partial charge < -0.3 is 24.8 Å². The van der Waals surface area contributed by atoms with Crippen LogP contribution in [0, 0.1) is 31.6 Å². The highest BCUT2D eigenvalue weighted by molar-refractivity contribution is 9.09. The van der Waals surface area contributed by atoms with Crippen LogP contribution in [0.15, 0.2) is 18.2 Å². The first-order valence-corrected chi connectivity index (χ1v) is 12.8. The number of hydrogen-bond donors (Lipinski definition) is 2. The Hall–Kier alpha value is -1.97. The van der Waals surface area contributed by atoms with E-state index < -0.39 is 41.6 Å². The summed E-state index contributed by atoms with van der Waals surface area (Å²) in [6, 6.07) is 4.19. The van der Waals surface area contributed by atoms with Crippen LogP contribution in [-0.2, 0) is 23.9 Å². The van der Waals surface area contributed by atoms with Crippen LogP contribution in [0.4, 0.5) is 5.69 Å². The molecule has 8 nitrogen and oxygen atoms in total. The molecule has 0 radical (unpaired) electrons. The second-order valence-corrected chi connectivity index (χ2v) is 11.1. The summed E-state index contributed by atoms with van der Waals surface area (Å²) < 4.78 is 11.7. The molecule has 3 heterocycles. The normalized spacial score (nSPS) is 32.8. The van der Waals surface area contributed by atoms with E-state index >= 15 is 0 Å². The van der Waals surface area contributed by atoms with E-state index in [1.165, 1.54) is 4.90 Å². The van der Waals surface area contributed by atoms with E-state index in [9.17, 15) is 19.5 Å². The summed E-state index contributed by atoms with van der Waals surface area (Å²) in [7, 11) is 0. The van der Waals surface area contributed by atoms with E-state index in [2.05, 4.69) is 21.2 Å². The van der Waals surface area contributed by atoms with Gasteiger partial charge in [0.2, 0.25) is 11.8 Å². The summed E-state index contributed by atoms with van der Waals surface area (Å²) in [6.45, 7) is 9.25. The molecule has 3 aliphatic rings. The molecular weight excluding hydrogens is 504 g/mol. The highest BCUT2D eigenvalue weighted by Crippen LogP contribution is 2.60. The number of esters is 1. The molecule has 1 aromatic rings. The predicted octanol–water partition coefficient (Wildman–Crippen LogP) is 2.57. The number of amides is 2. The number of aliphatic hydroxyl groups excluding tert-OH is 1. The number of carbonyl (C=O) groups excluding carboxylic acids is 3. The van der Waals surface area contributed by atoms with Gasteiger partial charge in [-0.2, -0.15) is 0 Å². The largest absolute Gasteiger partial charge is 0.466 e. The molecule has 3 aliphatic heterocycles. The van der Waals surface area contributed by atoms with Crippen molar-refractivity contribution in [3.8, 4) is 0 Å². The number of carbonyl (C=O) groups is 3. The van der Waals surface area contributed by atoms with E-state index in [0.717, 1.165) is 11.1 Å². The van der Waals surface area contributed by atoms with E-state index in [4.69, 9.17) is 9.47 Å². The maximum absolute atomic E-state index is 13.9. The molecule has 4 rings (SSSR count). The molecule has 0 aromatic heterocycles. The smallest absolute Gasteiger partial charge is 0.312 e. The highest BCUT2D eigenvalue weighted by atomic mass is 79.9. The molecule has 7 atom stereocenters. The fraction of sp³-hybridized carbons (Fsp3) is 0.640. The van der Waals surface area contributed by atoms with Crippen LogP contribution in [0.5, 0.6) is 0 Å². The topological polar surface area (TPSA) is 105 Å². The monoisotopic (exact) mass is 536 g/mol. The molecule has 2 bridgehead atoms. The second-order valence-electron chi connectivity index (χ2n) is 9.96. The maximum Gasteiger partial charge on any atom is 0.312 e. The van der Waals surface area contributed by atoms with Crippen molar-refractivity contribution in [3.05, 3.63) is 29.3 Å². The van der Waals surface area contributed by atoms with Gasteiger partial charge in [-0.1, -0.05) is 41.9 Å². The first-order valence-electron chi connectivity index (χ1n) is 11.9. The summed E-state index contributed by atoms with van der Waals surface area (Å²) in [5, 5.41) is 13.2. The first kappa shape index (κ1) is 25.1. The van der Waals surface area contributed by atoms with Gasteiger partial charge in [0.25, 0.3) is 0 Å². The Bertz CT molecular complexity index is 1000. The lowest BCUT2D eigenvalue weighted by Crippen LogP contribution is -2.57. The molecule has 3 unspecified atom stereocenters. The first-order chi connectivity index (χ1) is 16.1. The van der Waals surface area contributed by atoms with Gasteiger partial charge in [-0.3, -0.25) is 14.4 Å². The summed E-state index contributed by atoms with van der Waals surface area (Å²) in [5.41, 5.74) is 1.36. The average Bonchev–Trinajstić information content (AvgIpc) is 3.35. The molecule has 1 aromatic carbocycles. The van der Waals surface area contributed by atoms with Crippen molar-refractivity contribution in [1.29, 1.82) is 0 Å². The molecule has 2 N–H and O–H groups in total. The Labute approximate surface area is 208 Å². The zero-order chi connectivity index (χ0) is 24.9.